The maximum atomic E-state index is 12.5. The van der Waals surface area contributed by atoms with Gasteiger partial charge in [0.25, 0.3) is 11.8 Å². The van der Waals surface area contributed by atoms with Crippen molar-refractivity contribution in [1.29, 1.82) is 0 Å². The van der Waals surface area contributed by atoms with E-state index in [1.54, 1.807) is 53.4 Å². The molecule has 2 rings (SSSR count). The molecule has 31 heavy (non-hydrogen) atoms. The van der Waals surface area contributed by atoms with Crippen LogP contribution in [0.3, 0.4) is 0 Å². The normalized spacial score (nSPS) is 10.3. The summed E-state index contributed by atoms with van der Waals surface area (Å²) in [5.41, 5.74) is 1.60. The maximum Gasteiger partial charge on any atom is 0.257 e. The first-order chi connectivity index (χ1) is 15.0. The van der Waals surface area contributed by atoms with Crippen molar-refractivity contribution in [3.05, 3.63) is 59.7 Å². The molecule has 0 aliphatic carbocycles. The second-order valence-electron chi connectivity index (χ2n) is 6.54. The summed E-state index contributed by atoms with van der Waals surface area (Å²) < 4.78 is 10.8. The third-order valence-electron chi connectivity index (χ3n) is 4.44. The Hall–Kier alpha value is -2.97. The number of thiocarbonyl (C=S) groups is 1. The number of benzene rings is 2. The predicted octanol–water partition coefficient (Wildman–Crippen LogP) is 3.71. The Balaban J connectivity index is 1.96. The van der Waals surface area contributed by atoms with Crippen molar-refractivity contribution in [2.24, 2.45) is 0 Å². The number of nitrogens with one attached hydrogen (secondary N) is 2. The molecule has 2 aromatic carbocycles. The Morgan fingerprint density at radius 1 is 0.968 bits per heavy atom. The van der Waals surface area contributed by atoms with E-state index in [1.165, 1.54) is 0 Å². The molecule has 0 fully saturated rings. The summed E-state index contributed by atoms with van der Waals surface area (Å²) in [5.74, 6) is 0.168. The molecule has 2 amide bonds. The van der Waals surface area contributed by atoms with Gasteiger partial charge in [0, 0.05) is 36.5 Å². The molecule has 0 saturated heterocycles. The van der Waals surface area contributed by atoms with Crippen molar-refractivity contribution in [3.8, 4) is 5.75 Å². The molecule has 2 N–H and O–H groups in total. The molecule has 0 heterocycles. The molecule has 0 aliphatic heterocycles. The second kappa shape index (κ2) is 12.7. The Morgan fingerprint density at radius 2 is 1.68 bits per heavy atom. The molecule has 0 aromatic heterocycles. The first-order valence-electron chi connectivity index (χ1n) is 10.3. The van der Waals surface area contributed by atoms with Crippen LogP contribution in [-0.2, 0) is 4.74 Å². The molecule has 0 radical (unpaired) electrons. The Morgan fingerprint density at radius 3 is 2.39 bits per heavy atom. The van der Waals surface area contributed by atoms with Gasteiger partial charge in [-0.2, -0.15) is 0 Å². The molecular weight excluding hydrogens is 414 g/mol. The van der Waals surface area contributed by atoms with E-state index in [0.29, 0.717) is 55.5 Å². The Labute approximate surface area is 188 Å². The molecule has 166 valence electrons. The van der Waals surface area contributed by atoms with Crippen molar-refractivity contribution in [3.63, 3.8) is 0 Å². The van der Waals surface area contributed by atoms with Crippen LogP contribution in [0.1, 0.15) is 41.5 Å². The lowest BCUT2D eigenvalue weighted by molar-refractivity contribution is 0.0772. The highest BCUT2D eigenvalue weighted by atomic mass is 32.1. The fourth-order valence-electron chi connectivity index (χ4n) is 2.85. The summed E-state index contributed by atoms with van der Waals surface area (Å²) in [6, 6.07) is 13.9. The summed E-state index contributed by atoms with van der Waals surface area (Å²) in [5, 5.41) is 5.74. The van der Waals surface area contributed by atoms with E-state index in [1.807, 2.05) is 20.8 Å². The number of anilines is 1. The van der Waals surface area contributed by atoms with Gasteiger partial charge < -0.3 is 19.7 Å². The van der Waals surface area contributed by atoms with Gasteiger partial charge in [0.15, 0.2) is 5.11 Å². The number of ether oxygens (including phenoxy) is 2. The highest BCUT2D eigenvalue weighted by Gasteiger charge is 2.14. The van der Waals surface area contributed by atoms with Gasteiger partial charge in [-0.15, -0.1) is 0 Å². The van der Waals surface area contributed by atoms with Crippen molar-refractivity contribution in [2.75, 3.05) is 38.2 Å². The van der Waals surface area contributed by atoms with Crippen LogP contribution in [-0.4, -0.2) is 54.7 Å². The quantitative estimate of drug-likeness (QED) is 0.430. The van der Waals surface area contributed by atoms with Crippen LogP contribution < -0.4 is 15.4 Å². The number of carbonyl (C=O) groups excluding carboxylic acids is 2. The highest BCUT2D eigenvalue weighted by molar-refractivity contribution is 7.80. The van der Waals surface area contributed by atoms with Crippen molar-refractivity contribution < 1.29 is 19.1 Å². The molecule has 8 heteroatoms. The molecule has 7 nitrogen and oxygen atoms in total. The van der Waals surface area contributed by atoms with Gasteiger partial charge in [-0.25, -0.2) is 0 Å². The molecule has 0 saturated carbocycles. The van der Waals surface area contributed by atoms with Gasteiger partial charge in [-0.05, 0) is 69.4 Å². The standard InChI is InChI=1S/C23H29N3O4S/c1-4-26(5-2)22(28)18-10-7-11-19(15-18)24-23(31)25-21(27)17-9-8-12-20(16-17)30-14-13-29-6-3/h7-12,15-16H,4-6,13-14H2,1-3H3,(H2,24,25,27,31). The van der Waals surface area contributed by atoms with Crippen LogP contribution in [0.2, 0.25) is 0 Å². The number of hydrogen-bond acceptors (Lipinski definition) is 5. The number of amides is 2. The van der Waals surface area contributed by atoms with Gasteiger partial charge in [0.05, 0.1) is 6.61 Å². The van der Waals surface area contributed by atoms with E-state index in [0.717, 1.165) is 0 Å². The molecule has 2 aromatic rings. The molecular formula is C23H29N3O4S. The van der Waals surface area contributed by atoms with E-state index in [4.69, 9.17) is 21.7 Å². The van der Waals surface area contributed by atoms with E-state index >= 15 is 0 Å². The number of rotatable bonds is 10. The largest absolute Gasteiger partial charge is 0.491 e. The highest BCUT2D eigenvalue weighted by Crippen LogP contribution is 2.15. The summed E-state index contributed by atoms with van der Waals surface area (Å²) in [6.45, 7) is 8.58. The third-order valence-corrected chi connectivity index (χ3v) is 4.65. The molecule has 0 aliphatic rings. The molecule has 0 atom stereocenters. The monoisotopic (exact) mass is 443 g/mol. The van der Waals surface area contributed by atoms with Gasteiger partial charge in [-0.3, -0.25) is 14.9 Å². The third kappa shape index (κ3) is 7.66. The summed E-state index contributed by atoms with van der Waals surface area (Å²) in [7, 11) is 0. The number of carbonyl (C=O) groups is 2. The Bertz CT molecular complexity index is 900. The molecule has 0 spiro atoms. The first kappa shape index (κ1) is 24.3. The van der Waals surface area contributed by atoms with Gasteiger partial charge in [-0.1, -0.05) is 12.1 Å². The number of nitrogens with zero attached hydrogens (tertiary/aromatic N) is 1. The summed E-state index contributed by atoms with van der Waals surface area (Å²) >= 11 is 5.26. The molecule has 0 unspecified atom stereocenters. The van der Waals surface area contributed by atoms with Crippen LogP contribution in [0, 0.1) is 0 Å². The lowest BCUT2D eigenvalue weighted by Gasteiger charge is -2.19. The lowest BCUT2D eigenvalue weighted by Crippen LogP contribution is -2.34. The molecule has 0 bridgehead atoms. The average Bonchev–Trinajstić information content (AvgIpc) is 2.77. The minimum absolute atomic E-state index is 0.0512. The van der Waals surface area contributed by atoms with Crippen LogP contribution in [0.15, 0.2) is 48.5 Å². The van der Waals surface area contributed by atoms with Gasteiger partial charge in [0.1, 0.15) is 12.4 Å². The van der Waals surface area contributed by atoms with Crippen LogP contribution in [0.4, 0.5) is 5.69 Å². The topological polar surface area (TPSA) is 79.9 Å². The number of hydrogen-bond donors (Lipinski definition) is 2. The van der Waals surface area contributed by atoms with Crippen molar-refractivity contribution in [1.82, 2.24) is 10.2 Å². The van der Waals surface area contributed by atoms with Crippen molar-refractivity contribution >= 4 is 34.8 Å². The Kier molecular flexibility index (Phi) is 9.93. The fraction of sp³-hybridized carbons (Fsp3) is 0.348. The first-order valence-corrected chi connectivity index (χ1v) is 10.7. The fourth-order valence-corrected chi connectivity index (χ4v) is 3.06. The lowest BCUT2D eigenvalue weighted by atomic mass is 10.1. The van der Waals surface area contributed by atoms with Crippen LogP contribution >= 0.6 is 12.2 Å². The summed E-state index contributed by atoms with van der Waals surface area (Å²) in [6.07, 6.45) is 0. The zero-order valence-electron chi connectivity index (χ0n) is 18.1. The predicted molar refractivity (Wildman–Crippen MR) is 126 cm³/mol. The van der Waals surface area contributed by atoms with E-state index in [9.17, 15) is 9.59 Å². The minimum atomic E-state index is -0.358. The van der Waals surface area contributed by atoms with E-state index in [2.05, 4.69) is 10.6 Å². The van der Waals surface area contributed by atoms with Gasteiger partial charge >= 0.3 is 0 Å². The van der Waals surface area contributed by atoms with E-state index < -0.39 is 0 Å². The average molecular weight is 444 g/mol. The van der Waals surface area contributed by atoms with E-state index in [-0.39, 0.29) is 16.9 Å². The van der Waals surface area contributed by atoms with Crippen LogP contribution in [0.5, 0.6) is 5.75 Å². The second-order valence-corrected chi connectivity index (χ2v) is 6.95. The zero-order valence-corrected chi connectivity index (χ0v) is 19.0. The van der Waals surface area contributed by atoms with Crippen LogP contribution in [0.25, 0.3) is 0 Å². The zero-order chi connectivity index (χ0) is 22.6. The maximum absolute atomic E-state index is 12.5. The smallest absolute Gasteiger partial charge is 0.257 e. The minimum Gasteiger partial charge on any atom is -0.491 e. The summed E-state index contributed by atoms with van der Waals surface area (Å²) in [4.78, 5) is 26.8. The van der Waals surface area contributed by atoms with Crippen molar-refractivity contribution in [2.45, 2.75) is 20.8 Å². The van der Waals surface area contributed by atoms with Gasteiger partial charge in [0.2, 0.25) is 0 Å². The SMILES string of the molecule is CCOCCOc1cccc(C(=O)NC(=S)Nc2cccc(C(=O)N(CC)CC)c2)c1.